The fraction of sp³-hybridized carbons (Fsp3) is 0.0133. The summed E-state index contributed by atoms with van der Waals surface area (Å²) in [5.74, 6) is 0. The van der Waals surface area contributed by atoms with Gasteiger partial charge in [0.05, 0.1) is 50.9 Å². The molecule has 0 amide bonds. The molecule has 0 spiro atoms. The molecule has 10 heteroatoms. The molecule has 14 aromatic rings. The minimum Gasteiger partial charge on any atom is -0.397 e. The third-order valence-corrected chi connectivity index (χ3v) is 17.0. The van der Waals surface area contributed by atoms with E-state index in [1.54, 1.807) is 0 Å². The minimum atomic E-state index is -0.579. The van der Waals surface area contributed by atoms with Crippen LogP contribution in [-0.4, -0.2) is 13.3 Å². The summed E-state index contributed by atoms with van der Waals surface area (Å²) in [6.45, 7) is 0. The van der Waals surface area contributed by atoms with Crippen LogP contribution in [-0.2, 0) is 5.41 Å². The highest BCUT2D eigenvalue weighted by Crippen LogP contribution is 2.47. The molecule has 1 aliphatic heterocycles. The number of nitrogens with one attached hydrogen (secondary N) is 3. The maximum Gasteiger partial charge on any atom is 0.129 e. The topological polar surface area (TPSA) is 99.3 Å². The Labute approximate surface area is 496 Å². The van der Waals surface area contributed by atoms with Crippen molar-refractivity contribution in [1.82, 2.24) is 24.3 Å². The molecule has 9 nitrogen and oxygen atoms in total. The first-order valence-electron chi connectivity index (χ1n) is 28.4. The lowest BCUT2D eigenvalue weighted by Gasteiger charge is -2.37. The third-order valence-electron chi connectivity index (χ3n) is 16.4. The summed E-state index contributed by atoms with van der Waals surface area (Å²) in [6, 6.07) is 104. The normalized spacial score (nSPS) is 12.7. The lowest BCUT2D eigenvalue weighted by atomic mass is 9.65. The predicted octanol–water partition coefficient (Wildman–Crippen LogP) is 17.7. The number of hydrogen-bond donors (Lipinski definition) is 4. The van der Waals surface area contributed by atoms with Crippen molar-refractivity contribution in [2.75, 3.05) is 15.2 Å². The maximum atomic E-state index is 6.49. The second-order valence-electron chi connectivity index (χ2n) is 21.3. The van der Waals surface area contributed by atoms with Crippen molar-refractivity contribution in [1.29, 1.82) is 0 Å². The van der Waals surface area contributed by atoms with Crippen LogP contribution < -0.4 is 31.9 Å². The van der Waals surface area contributed by atoms with Crippen molar-refractivity contribution in [3.8, 4) is 16.8 Å². The van der Waals surface area contributed by atoms with Gasteiger partial charge >= 0.3 is 0 Å². The van der Waals surface area contributed by atoms with Crippen LogP contribution in [0.1, 0.15) is 33.4 Å². The number of hydrogen-bond acceptors (Lipinski definition) is 9. The number of anilines is 5. The molecule has 15 rings (SSSR count). The fourth-order valence-electron chi connectivity index (χ4n) is 12.4. The zero-order valence-electron chi connectivity index (χ0n) is 46.1. The number of rotatable bonds is 14. The molecule has 0 saturated carbocycles. The van der Waals surface area contributed by atoms with Crippen LogP contribution in [0.2, 0.25) is 0 Å². The zero-order valence-corrected chi connectivity index (χ0v) is 46.9. The number of hydrazine groups is 2. The van der Waals surface area contributed by atoms with Crippen LogP contribution in [0.25, 0.3) is 71.8 Å². The van der Waals surface area contributed by atoms with E-state index in [0.717, 1.165) is 84.1 Å². The fourth-order valence-corrected chi connectivity index (χ4v) is 13.0. The third kappa shape index (κ3) is 9.10. The second kappa shape index (κ2) is 21.7. The minimum absolute atomic E-state index is 0.579. The summed E-state index contributed by atoms with van der Waals surface area (Å²) < 4.78 is 12.7. The molecule has 0 radical (unpaired) electrons. The molecule has 0 fully saturated rings. The van der Waals surface area contributed by atoms with Crippen molar-refractivity contribution in [3.05, 3.63) is 337 Å². The molecule has 0 unspecified atom stereocenters. The SMILES string of the molecule is N/C(=C\Nc1ccc(N(c2ccc(N3C=C(c4ccccc4)NN3)cc2)c2ccc(-c3ccc4c5ccc6ccccc6c5n(-c5ccc(C(c6ccccc6)(c6ccccc6)c6ccccc6)cc5)c4c3)c3nsnc23)cc1)c1ccccc1. The monoisotopic (exact) mass is 1110 g/mol. The van der Waals surface area contributed by atoms with Gasteiger partial charge in [-0.05, 0) is 118 Å². The molecule has 406 valence electrons. The highest BCUT2D eigenvalue weighted by molar-refractivity contribution is 7.00. The van der Waals surface area contributed by atoms with Gasteiger partial charge in [-0.15, -0.1) is 5.53 Å². The molecule has 0 saturated heterocycles. The molecular formula is C75H55N9S. The smallest absolute Gasteiger partial charge is 0.129 e. The van der Waals surface area contributed by atoms with E-state index >= 15 is 0 Å². The van der Waals surface area contributed by atoms with Crippen molar-refractivity contribution in [2.24, 2.45) is 5.73 Å². The van der Waals surface area contributed by atoms with E-state index in [1.807, 2.05) is 59.7 Å². The van der Waals surface area contributed by atoms with Crippen molar-refractivity contribution in [3.63, 3.8) is 0 Å². The zero-order chi connectivity index (χ0) is 56.7. The quantitative estimate of drug-likeness (QED) is 0.0800. The lowest BCUT2D eigenvalue weighted by molar-refractivity contribution is 0.689. The van der Waals surface area contributed by atoms with Gasteiger partial charge < -0.3 is 25.9 Å². The van der Waals surface area contributed by atoms with Crippen molar-refractivity contribution >= 4 is 95.2 Å². The Hall–Kier alpha value is -11.0. The molecule has 0 bridgehead atoms. The highest BCUT2D eigenvalue weighted by Gasteiger charge is 2.38. The molecule has 5 N–H and O–H groups in total. The van der Waals surface area contributed by atoms with Gasteiger partial charge in [-0.25, -0.2) is 0 Å². The summed E-state index contributed by atoms with van der Waals surface area (Å²) >= 11 is 1.23. The molecule has 0 atom stereocenters. The Balaban J connectivity index is 0.847. The van der Waals surface area contributed by atoms with E-state index in [4.69, 9.17) is 14.5 Å². The number of fused-ring (bicyclic) bond motifs is 6. The molecule has 2 aromatic heterocycles. The van der Waals surface area contributed by atoms with Crippen LogP contribution in [0.5, 0.6) is 0 Å². The summed E-state index contributed by atoms with van der Waals surface area (Å²) in [7, 11) is 0. The largest absolute Gasteiger partial charge is 0.397 e. The van der Waals surface area contributed by atoms with Gasteiger partial charge in [-0.3, -0.25) is 5.01 Å². The number of nitrogens with two attached hydrogens (primary N) is 1. The van der Waals surface area contributed by atoms with E-state index in [-0.39, 0.29) is 0 Å². The van der Waals surface area contributed by atoms with Gasteiger partial charge in [-0.1, -0.05) is 212 Å². The van der Waals surface area contributed by atoms with Gasteiger partial charge in [0.2, 0.25) is 0 Å². The first kappa shape index (κ1) is 50.9. The van der Waals surface area contributed by atoms with Gasteiger partial charge in [0.15, 0.2) is 0 Å². The Morgan fingerprint density at radius 1 is 0.494 bits per heavy atom. The average molecular weight is 1110 g/mol. The maximum absolute atomic E-state index is 6.49. The van der Waals surface area contributed by atoms with Gasteiger partial charge in [-0.2, -0.15) is 8.75 Å². The van der Waals surface area contributed by atoms with Crippen LogP contribution in [0.3, 0.4) is 0 Å². The van der Waals surface area contributed by atoms with Crippen LogP contribution in [0.15, 0.2) is 304 Å². The van der Waals surface area contributed by atoms with E-state index in [0.29, 0.717) is 5.70 Å². The van der Waals surface area contributed by atoms with E-state index in [1.165, 1.54) is 55.5 Å². The number of nitrogens with zero attached hydrogens (tertiary/aromatic N) is 5. The summed E-state index contributed by atoms with van der Waals surface area (Å²) in [6.07, 6.45) is 3.91. The van der Waals surface area contributed by atoms with E-state index < -0.39 is 5.41 Å². The molecule has 0 aliphatic carbocycles. The lowest BCUT2D eigenvalue weighted by Crippen LogP contribution is -2.36. The van der Waals surface area contributed by atoms with Crippen molar-refractivity contribution in [2.45, 2.75) is 5.41 Å². The Morgan fingerprint density at radius 2 is 1.06 bits per heavy atom. The van der Waals surface area contributed by atoms with Crippen LogP contribution in [0, 0.1) is 0 Å². The standard InChI is InChI=1S/C75H55N9S/c76-68(52-19-6-1-7-20-52)49-77-59-34-38-61(39-35-59)83(62-42-40-60(41-43-62)82-50-69(78-81-82)53-21-8-2-9-22-53)70-47-46-64(72-73(70)80-85-79-72)54-31-44-66-67-45-30-51-18-16-17-29-65(51)74(67)84(71(66)48-54)63-36-32-58(33-37-63)75(55-23-10-3-11-24-55,56-25-12-4-13-26-56)57-27-14-5-15-28-57/h1-50,77-78,81H,76H2/b68-49-. The van der Waals surface area contributed by atoms with E-state index in [2.05, 4.69) is 275 Å². The first-order valence-corrected chi connectivity index (χ1v) is 29.1. The Morgan fingerprint density at radius 3 is 1.73 bits per heavy atom. The first-order chi connectivity index (χ1) is 42.1. The molecule has 3 heterocycles. The average Bonchev–Trinajstić information content (AvgIpc) is 2.45. The van der Waals surface area contributed by atoms with E-state index in [9.17, 15) is 0 Å². The van der Waals surface area contributed by atoms with Gasteiger partial charge in [0, 0.05) is 62.4 Å². The molecule has 85 heavy (non-hydrogen) atoms. The van der Waals surface area contributed by atoms with Crippen LogP contribution >= 0.6 is 11.7 Å². The van der Waals surface area contributed by atoms with Crippen LogP contribution in [0.4, 0.5) is 28.4 Å². The van der Waals surface area contributed by atoms with Gasteiger partial charge in [0.1, 0.15) is 11.0 Å². The number of benzene rings is 12. The molecule has 1 aliphatic rings. The second-order valence-corrected chi connectivity index (χ2v) is 21.8. The predicted molar refractivity (Wildman–Crippen MR) is 353 cm³/mol. The highest BCUT2D eigenvalue weighted by atomic mass is 32.1. The number of aromatic nitrogens is 3. The Kier molecular flexibility index (Phi) is 13.0. The summed E-state index contributed by atoms with van der Waals surface area (Å²) in [4.78, 5) is 2.26. The van der Waals surface area contributed by atoms with Crippen molar-refractivity contribution < 1.29 is 0 Å². The van der Waals surface area contributed by atoms with Gasteiger partial charge in [0.25, 0.3) is 0 Å². The summed E-state index contributed by atoms with van der Waals surface area (Å²) in [5, 5.41) is 10.1. The summed E-state index contributed by atoms with van der Waals surface area (Å²) in [5.41, 5.74) is 32.7. The molecule has 12 aromatic carbocycles. The molecular weight excluding hydrogens is 1060 g/mol. The Bertz CT molecular complexity index is 4680.